The van der Waals surface area contributed by atoms with Gasteiger partial charge in [-0.25, -0.2) is 0 Å². The average molecular weight is 421 g/mol. The second kappa shape index (κ2) is 6.26. The van der Waals surface area contributed by atoms with E-state index in [9.17, 15) is 4.21 Å². The summed E-state index contributed by atoms with van der Waals surface area (Å²) in [5.41, 5.74) is 4.29. The van der Waals surface area contributed by atoms with Crippen LogP contribution < -0.4 is 0 Å². The molecule has 2 aliphatic rings. The molecule has 0 saturated heterocycles. The van der Waals surface area contributed by atoms with Crippen LogP contribution in [0.25, 0.3) is 5.57 Å². The molecule has 0 fully saturated rings. The Morgan fingerprint density at radius 2 is 1.71 bits per heavy atom. The first-order valence-corrected chi connectivity index (χ1v) is 10.9. The standard InChI is InChI=1S/C20H20BClF2N2OS/c1-11-17(22)13(3)25-18(11)16(15-9-7-6-8-10-15)19-12(2)20(28(5)27)14(4)26(19)21(25,23)24/h6-10H,1-5H3. The number of hydrogen-bond donors (Lipinski definition) is 0. The van der Waals surface area contributed by atoms with Crippen molar-refractivity contribution in [2.24, 2.45) is 0 Å². The van der Waals surface area contributed by atoms with Gasteiger partial charge in [-0.2, -0.15) is 0 Å². The number of hydrogen-bond acceptors (Lipinski definition) is 1. The van der Waals surface area contributed by atoms with Gasteiger partial charge in [0, 0.05) is 30.1 Å². The molecule has 0 spiro atoms. The van der Waals surface area contributed by atoms with Gasteiger partial charge in [-0.05, 0) is 31.9 Å². The molecular formula is C20H20BClF2N2OS. The Labute approximate surface area is 170 Å². The van der Waals surface area contributed by atoms with E-state index in [-0.39, 0.29) is 0 Å². The number of benzene rings is 1. The predicted octanol–water partition coefficient (Wildman–Crippen LogP) is 4.89. The maximum absolute atomic E-state index is 15.9. The molecule has 0 saturated carbocycles. The van der Waals surface area contributed by atoms with Crippen molar-refractivity contribution < 1.29 is 17.3 Å². The zero-order valence-electron chi connectivity index (χ0n) is 16.3. The van der Waals surface area contributed by atoms with Crippen molar-refractivity contribution in [2.45, 2.75) is 27.7 Å². The summed E-state index contributed by atoms with van der Waals surface area (Å²) >= 11 is 6.42. The van der Waals surface area contributed by atoms with Crippen molar-refractivity contribution in [1.29, 1.82) is 0 Å². The summed E-state index contributed by atoms with van der Waals surface area (Å²) in [6.45, 7) is 2.60. The lowest BCUT2D eigenvalue weighted by Crippen LogP contribution is -2.51. The highest BCUT2D eigenvalue weighted by Gasteiger charge is 2.57. The molecule has 0 amide bonds. The van der Waals surface area contributed by atoms with Crippen molar-refractivity contribution in [3.8, 4) is 0 Å². The minimum absolute atomic E-state index is 0.333. The fourth-order valence-electron chi connectivity index (χ4n) is 4.59. The Morgan fingerprint density at radius 3 is 2.29 bits per heavy atom. The van der Waals surface area contributed by atoms with E-state index < -0.39 is 17.8 Å². The predicted molar refractivity (Wildman–Crippen MR) is 112 cm³/mol. The van der Waals surface area contributed by atoms with Crippen LogP contribution in [0, 0.1) is 13.8 Å². The average Bonchev–Trinajstić information content (AvgIpc) is 3.03. The highest BCUT2D eigenvalue weighted by molar-refractivity contribution is 7.89. The van der Waals surface area contributed by atoms with Crippen LogP contribution in [0.15, 0.2) is 46.5 Å². The molecule has 28 heavy (non-hydrogen) atoms. The molecule has 1 aromatic heterocycles. The van der Waals surface area contributed by atoms with Crippen LogP contribution in [0.1, 0.15) is 36.4 Å². The third-order valence-corrected chi connectivity index (χ3v) is 7.41. The molecule has 0 bridgehead atoms. The van der Waals surface area contributed by atoms with E-state index in [4.69, 9.17) is 11.6 Å². The maximum atomic E-state index is 15.9. The number of halogens is 3. The summed E-state index contributed by atoms with van der Waals surface area (Å²) in [4.78, 5) is 0.470. The molecule has 3 nitrogen and oxygen atoms in total. The summed E-state index contributed by atoms with van der Waals surface area (Å²) in [6.07, 6.45) is 1.53. The Bertz CT molecular complexity index is 1160. The fraction of sp³-hybridized carbons (Fsp3) is 0.250. The third-order valence-electron chi connectivity index (χ3n) is 5.68. The fourth-order valence-corrected chi connectivity index (χ4v) is 5.81. The Balaban J connectivity index is 2.26. The quantitative estimate of drug-likeness (QED) is 0.635. The van der Waals surface area contributed by atoms with E-state index in [1.54, 1.807) is 27.7 Å². The van der Waals surface area contributed by atoms with Gasteiger partial charge in [0.15, 0.2) is 5.70 Å². The first-order chi connectivity index (χ1) is 13.1. The molecule has 146 valence electrons. The van der Waals surface area contributed by atoms with Crippen molar-refractivity contribution in [3.63, 3.8) is 0 Å². The van der Waals surface area contributed by atoms with Gasteiger partial charge < -0.3 is 17.6 Å². The molecule has 1 aromatic carbocycles. The van der Waals surface area contributed by atoms with Gasteiger partial charge >= 0.3 is 6.97 Å². The number of aromatic nitrogens is 1. The van der Waals surface area contributed by atoms with E-state index >= 15 is 8.63 Å². The van der Waals surface area contributed by atoms with E-state index in [0.29, 0.717) is 49.4 Å². The summed E-state index contributed by atoms with van der Waals surface area (Å²) in [5, 5.41) is 0.352. The lowest BCUT2D eigenvalue weighted by molar-refractivity contribution is -0.363. The summed E-state index contributed by atoms with van der Waals surface area (Å²) in [7, 11) is -1.38. The second-order valence-corrected chi connectivity index (χ2v) is 8.98. The molecule has 0 radical (unpaired) electrons. The Kier molecular flexibility index (Phi) is 4.32. The summed E-state index contributed by atoms with van der Waals surface area (Å²) in [6, 6.07) is 9.46. The van der Waals surface area contributed by atoms with Gasteiger partial charge in [-0.15, -0.1) is 0 Å². The largest absolute Gasteiger partial charge is 0.737 e. The smallest absolute Gasteiger partial charge is 0.392 e. The third kappa shape index (κ3) is 2.32. The zero-order valence-corrected chi connectivity index (χ0v) is 17.9. The van der Waals surface area contributed by atoms with Crippen LogP contribution in [-0.4, -0.2) is 32.1 Å². The van der Waals surface area contributed by atoms with Gasteiger partial charge in [0.2, 0.25) is 0 Å². The van der Waals surface area contributed by atoms with Gasteiger partial charge in [0.1, 0.15) is 10.6 Å². The highest BCUT2D eigenvalue weighted by Crippen LogP contribution is 2.47. The summed E-state index contributed by atoms with van der Waals surface area (Å²) in [5.74, 6) is 0. The van der Waals surface area contributed by atoms with Crippen LogP contribution in [0.3, 0.4) is 0 Å². The van der Waals surface area contributed by atoms with Crippen molar-refractivity contribution in [2.75, 3.05) is 6.26 Å². The van der Waals surface area contributed by atoms with Crippen molar-refractivity contribution in [1.82, 2.24) is 4.48 Å². The SMILES string of the molecule is CC1=C(S(C)=O)C(C)=[N+]2C1=C(c1ccccc1)c1c(C)c(Cl)c(C)n1[B-]2(F)F. The molecule has 1 unspecified atom stereocenters. The second-order valence-electron chi connectivity index (χ2n) is 7.28. The first-order valence-electron chi connectivity index (χ1n) is 8.98. The van der Waals surface area contributed by atoms with Gasteiger partial charge in [0.25, 0.3) is 0 Å². The molecule has 2 aliphatic heterocycles. The van der Waals surface area contributed by atoms with Crippen molar-refractivity contribution >= 4 is 40.7 Å². The maximum Gasteiger partial charge on any atom is 0.737 e. The Hall–Kier alpha value is -1.99. The van der Waals surface area contributed by atoms with Gasteiger partial charge in [-0.1, -0.05) is 41.9 Å². The normalized spacial score (nSPS) is 19.3. The first kappa shape index (κ1) is 19.3. The van der Waals surface area contributed by atoms with Crippen molar-refractivity contribution in [3.05, 3.63) is 74.0 Å². The monoisotopic (exact) mass is 420 g/mol. The molecule has 8 heteroatoms. The lowest BCUT2D eigenvalue weighted by Gasteiger charge is -2.33. The minimum Gasteiger partial charge on any atom is -0.392 e. The van der Waals surface area contributed by atoms with E-state index in [2.05, 4.69) is 0 Å². The number of nitrogens with zero attached hydrogens (tertiary/aromatic N) is 2. The van der Waals surface area contributed by atoms with Crippen LogP contribution >= 0.6 is 11.6 Å². The molecule has 4 rings (SSSR count). The molecule has 2 aromatic rings. The molecule has 0 N–H and O–H groups in total. The molecule has 0 aliphatic carbocycles. The number of fused-ring (bicyclic) bond motifs is 2. The Morgan fingerprint density at radius 1 is 1.11 bits per heavy atom. The van der Waals surface area contributed by atoms with E-state index in [1.165, 1.54) is 6.26 Å². The molecular weight excluding hydrogens is 401 g/mol. The van der Waals surface area contributed by atoms with Gasteiger partial charge in [-0.3, -0.25) is 4.21 Å². The van der Waals surface area contributed by atoms with Crippen LogP contribution in [0.5, 0.6) is 0 Å². The zero-order chi connectivity index (χ0) is 20.5. The van der Waals surface area contributed by atoms with Crippen LogP contribution in [0.2, 0.25) is 5.02 Å². The number of rotatable bonds is 2. The van der Waals surface area contributed by atoms with E-state index in [1.807, 2.05) is 30.3 Å². The highest BCUT2D eigenvalue weighted by atomic mass is 35.5. The minimum atomic E-state index is -4.18. The van der Waals surface area contributed by atoms with Crippen LogP contribution in [0.4, 0.5) is 8.63 Å². The van der Waals surface area contributed by atoms with E-state index in [0.717, 1.165) is 14.5 Å². The van der Waals surface area contributed by atoms with Crippen LogP contribution in [-0.2, 0) is 10.8 Å². The lowest BCUT2D eigenvalue weighted by atomic mass is 9.84. The topological polar surface area (TPSA) is 25.0 Å². The molecule has 1 atom stereocenters. The van der Waals surface area contributed by atoms with Gasteiger partial charge in [0.05, 0.1) is 21.4 Å². The number of allylic oxidation sites excluding steroid dienone is 2. The molecule has 3 heterocycles. The summed E-state index contributed by atoms with van der Waals surface area (Å²) < 4.78 is 46.3.